The molecule has 0 unspecified atom stereocenters. The molecule has 7 nitrogen and oxygen atoms in total. The van der Waals surface area contributed by atoms with Crippen molar-refractivity contribution in [3.05, 3.63) is 47.5 Å². The van der Waals surface area contributed by atoms with Gasteiger partial charge in [0.2, 0.25) is 5.91 Å². The van der Waals surface area contributed by atoms with Crippen molar-refractivity contribution < 1.29 is 22.7 Å². The lowest BCUT2D eigenvalue weighted by molar-refractivity contribution is -0.119. The minimum atomic E-state index is -4.03. The molecule has 0 aliphatic carbocycles. The predicted molar refractivity (Wildman–Crippen MR) is 100 cm³/mol. The molecule has 0 aliphatic heterocycles. The van der Waals surface area contributed by atoms with Gasteiger partial charge in [0.05, 0.1) is 20.0 Å². The lowest BCUT2D eigenvalue weighted by Crippen LogP contribution is -2.42. The van der Waals surface area contributed by atoms with E-state index >= 15 is 0 Å². The summed E-state index contributed by atoms with van der Waals surface area (Å²) in [5, 5.41) is 0.596. The third-order valence-corrected chi connectivity index (χ3v) is 5.70. The first-order chi connectivity index (χ1) is 12.4. The Balaban J connectivity index is 1.99. The Kier molecular flexibility index (Phi) is 7.15. The van der Waals surface area contributed by atoms with Crippen molar-refractivity contribution in [1.29, 1.82) is 0 Å². The van der Waals surface area contributed by atoms with Gasteiger partial charge in [0.15, 0.2) is 0 Å². The Labute approximate surface area is 161 Å². The largest absolute Gasteiger partial charge is 0.497 e. The van der Waals surface area contributed by atoms with Gasteiger partial charge in [-0.1, -0.05) is 11.6 Å². The third-order valence-electron chi connectivity index (χ3n) is 3.17. The Morgan fingerprint density at radius 2 is 1.81 bits per heavy atom. The molecule has 0 saturated heterocycles. The van der Waals surface area contributed by atoms with E-state index in [2.05, 4.69) is 5.43 Å². The molecule has 0 bridgehead atoms. The maximum atomic E-state index is 12.4. The van der Waals surface area contributed by atoms with Crippen LogP contribution in [0.4, 0.5) is 0 Å². The fourth-order valence-electron chi connectivity index (χ4n) is 1.89. The first-order valence-electron chi connectivity index (χ1n) is 7.27. The number of nitrogens with one attached hydrogen (secondary N) is 2. The van der Waals surface area contributed by atoms with E-state index in [1.54, 1.807) is 30.3 Å². The molecule has 0 radical (unpaired) electrons. The Morgan fingerprint density at radius 1 is 1.12 bits per heavy atom. The van der Waals surface area contributed by atoms with Crippen molar-refractivity contribution in [1.82, 2.24) is 10.3 Å². The van der Waals surface area contributed by atoms with Crippen LogP contribution in [-0.2, 0) is 14.8 Å². The molecule has 10 heteroatoms. The maximum absolute atomic E-state index is 12.4. The molecule has 1 amide bonds. The van der Waals surface area contributed by atoms with E-state index in [-0.39, 0.29) is 16.4 Å². The number of methoxy groups -OCH3 is 2. The molecule has 0 atom stereocenters. The summed E-state index contributed by atoms with van der Waals surface area (Å²) >= 11 is 7.04. The molecule has 0 saturated carbocycles. The van der Waals surface area contributed by atoms with E-state index < -0.39 is 15.9 Å². The average Bonchev–Trinajstić information content (AvgIpc) is 2.65. The zero-order valence-electron chi connectivity index (χ0n) is 14.0. The van der Waals surface area contributed by atoms with Gasteiger partial charge in [-0.2, -0.15) is 0 Å². The van der Waals surface area contributed by atoms with Crippen LogP contribution in [0.3, 0.4) is 0 Å². The van der Waals surface area contributed by atoms with Crippen molar-refractivity contribution in [2.24, 2.45) is 0 Å². The average molecular weight is 417 g/mol. The van der Waals surface area contributed by atoms with Gasteiger partial charge in [-0.15, -0.1) is 16.6 Å². The second-order valence-electron chi connectivity index (χ2n) is 4.91. The Morgan fingerprint density at radius 3 is 2.42 bits per heavy atom. The van der Waals surface area contributed by atoms with E-state index in [1.165, 1.54) is 38.1 Å². The fourth-order valence-corrected chi connectivity index (χ4v) is 3.76. The fraction of sp³-hybridized carbons (Fsp3) is 0.188. The van der Waals surface area contributed by atoms with Crippen LogP contribution < -0.4 is 19.7 Å². The SMILES string of the molecule is COc1ccc(OC)c(S(=O)(=O)NNC(=O)CSc2ccc(Cl)cc2)c1. The molecule has 0 aliphatic rings. The number of benzene rings is 2. The van der Waals surface area contributed by atoms with Crippen LogP contribution in [0.25, 0.3) is 0 Å². The minimum absolute atomic E-state index is 0.0272. The van der Waals surface area contributed by atoms with Crippen LogP contribution in [0.15, 0.2) is 52.3 Å². The summed E-state index contributed by atoms with van der Waals surface area (Å²) in [6, 6.07) is 11.3. The number of ether oxygens (including phenoxy) is 2. The molecule has 0 aromatic heterocycles. The smallest absolute Gasteiger partial charge is 0.261 e. The highest BCUT2D eigenvalue weighted by Gasteiger charge is 2.21. The highest BCUT2D eigenvalue weighted by molar-refractivity contribution is 8.00. The number of rotatable bonds is 8. The monoisotopic (exact) mass is 416 g/mol. The number of thioether (sulfide) groups is 1. The quantitative estimate of drug-likeness (QED) is 0.507. The third kappa shape index (κ3) is 5.53. The van der Waals surface area contributed by atoms with Gasteiger partial charge >= 0.3 is 0 Å². The Bertz CT molecular complexity index is 873. The maximum Gasteiger partial charge on any atom is 0.261 e. The first-order valence-corrected chi connectivity index (χ1v) is 10.1. The van der Waals surface area contributed by atoms with Gasteiger partial charge in [0.25, 0.3) is 10.0 Å². The normalized spacial score (nSPS) is 11.0. The molecule has 2 aromatic carbocycles. The number of hydrogen-bond acceptors (Lipinski definition) is 6. The van der Waals surface area contributed by atoms with Crippen LogP contribution >= 0.6 is 23.4 Å². The highest BCUT2D eigenvalue weighted by Crippen LogP contribution is 2.27. The van der Waals surface area contributed by atoms with Crippen LogP contribution in [0.2, 0.25) is 5.02 Å². The number of hydrogen-bond donors (Lipinski definition) is 2. The van der Waals surface area contributed by atoms with E-state index in [9.17, 15) is 13.2 Å². The minimum Gasteiger partial charge on any atom is -0.497 e. The summed E-state index contributed by atoms with van der Waals surface area (Å²) in [4.78, 5) is 14.6. The van der Waals surface area contributed by atoms with Crippen LogP contribution in [-0.4, -0.2) is 34.3 Å². The summed E-state index contributed by atoms with van der Waals surface area (Å²) < 4.78 is 34.9. The van der Waals surface area contributed by atoms with Crippen molar-refractivity contribution >= 4 is 39.3 Å². The molecule has 2 aromatic rings. The molecule has 2 N–H and O–H groups in total. The lowest BCUT2D eigenvalue weighted by Gasteiger charge is -2.12. The van der Waals surface area contributed by atoms with Crippen molar-refractivity contribution in [3.8, 4) is 11.5 Å². The van der Waals surface area contributed by atoms with Crippen LogP contribution in [0.1, 0.15) is 0 Å². The molecular weight excluding hydrogens is 400 g/mol. The molecule has 0 spiro atoms. The number of amides is 1. The van der Waals surface area contributed by atoms with Crippen molar-refractivity contribution in [2.45, 2.75) is 9.79 Å². The molecular formula is C16H17ClN2O5S2. The Hall–Kier alpha value is -1.94. The van der Waals surface area contributed by atoms with Gasteiger partial charge in [0, 0.05) is 16.0 Å². The summed E-state index contributed by atoms with van der Waals surface area (Å²) in [5.41, 5.74) is 2.17. The van der Waals surface area contributed by atoms with Crippen molar-refractivity contribution in [2.75, 3.05) is 20.0 Å². The van der Waals surface area contributed by atoms with E-state index in [1.807, 2.05) is 4.83 Å². The van der Waals surface area contributed by atoms with Gasteiger partial charge < -0.3 is 9.47 Å². The summed E-state index contributed by atoms with van der Waals surface area (Å²) in [5.74, 6) is -0.00590. The number of halogens is 1. The zero-order chi connectivity index (χ0) is 19.2. The predicted octanol–water partition coefficient (Wildman–Crippen LogP) is 2.46. The number of carbonyl (C=O) groups is 1. The van der Waals surface area contributed by atoms with Gasteiger partial charge in [0.1, 0.15) is 16.4 Å². The van der Waals surface area contributed by atoms with Crippen LogP contribution in [0, 0.1) is 0 Å². The van der Waals surface area contributed by atoms with Crippen LogP contribution in [0.5, 0.6) is 11.5 Å². The lowest BCUT2D eigenvalue weighted by atomic mass is 10.3. The first kappa shape index (κ1) is 20.4. The van der Waals surface area contributed by atoms with Gasteiger partial charge in [-0.25, -0.2) is 8.42 Å². The standard InChI is InChI=1S/C16H17ClN2O5S2/c1-23-12-5-8-14(24-2)15(9-12)26(21,22)19-18-16(20)10-25-13-6-3-11(17)4-7-13/h3-9,19H,10H2,1-2H3,(H,18,20). The summed E-state index contributed by atoms with van der Waals surface area (Å²) in [6.07, 6.45) is 0. The molecule has 140 valence electrons. The zero-order valence-corrected chi connectivity index (χ0v) is 16.4. The van der Waals surface area contributed by atoms with Crippen molar-refractivity contribution in [3.63, 3.8) is 0 Å². The second kappa shape index (κ2) is 9.13. The van der Waals surface area contributed by atoms with E-state index in [0.717, 1.165) is 4.90 Å². The topological polar surface area (TPSA) is 93.7 Å². The molecule has 2 rings (SSSR count). The molecule has 0 fully saturated rings. The summed E-state index contributed by atoms with van der Waals surface area (Å²) in [6.45, 7) is 0. The highest BCUT2D eigenvalue weighted by atomic mass is 35.5. The molecule has 26 heavy (non-hydrogen) atoms. The van der Waals surface area contributed by atoms with E-state index in [0.29, 0.717) is 10.8 Å². The van der Waals surface area contributed by atoms with Gasteiger partial charge in [-0.05, 0) is 36.4 Å². The summed E-state index contributed by atoms with van der Waals surface area (Å²) in [7, 11) is -1.27. The molecule has 0 heterocycles. The second-order valence-corrected chi connectivity index (χ2v) is 8.05. The van der Waals surface area contributed by atoms with E-state index in [4.69, 9.17) is 21.1 Å². The number of hydrazine groups is 1. The number of carbonyl (C=O) groups excluding carboxylic acids is 1. The van der Waals surface area contributed by atoms with Gasteiger partial charge in [-0.3, -0.25) is 10.2 Å². The number of sulfonamides is 1.